The Morgan fingerprint density at radius 1 is 1.26 bits per heavy atom. The molecule has 0 fully saturated rings. The van der Waals surface area contributed by atoms with Crippen LogP contribution in [0.1, 0.15) is 60.3 Å². The summed E-state index contributed by atoms with van der Waals surface area (Å²) >= 11 is 1.39. The number of hydrogen-bond acceptors (Lipinski definition) is 3. The predicted octanol–water partition coefficient (Wildman–Crippen LogP) is 3.99. The summed E-state index contributed by atoms with van der Waals surface area (Å²) in [6.45, 7) is 9.91. The summed E-state index contributed by atoms with van der Waals surface area (Å²) in [6, 6.07) is 0. The van der Waals surface area contributed by atoms with E-state index in [9.17, 15) is 14.7 Å². The van der Waals surface area contributed by atoms with E-state index in [4.69, 9.17) is 0 Å². The highest BCUT2D eigenvalue weighted by molar-refractivity contribution is 8.14. The number of carbonyl (C=O) groups is 2. The molecule has 0 aliphatic carbocycles. The molecule has 0 saturated carbocycles. The normalized spacial score (nSPS) is 13.1. The van der Waals surface area contributed by atoms with Crippen LogP contribution >= 0.6 is 11.8 Å². The van der Waals surface area contributed by atoms with E-state index in [0.717, 1.165) is 25.7 Å². The second-order valence-corrected chi connectivity index (χ2v) is 7.24. The Bertz CT molecular complexity index is 300. The first kappa shape index (κ1) is 18.3. The van der Waals surface area contributed by atoms with E-state index in [2.05, 4.69) is 6.92 Å². The molecule has 112 valence electrons. The van der Waals surface area contributed by atoms with Crippen LogP contribution in [0.5, 0.6) is 0 Å². The van der Waals surface area contributed by atoms with E-state index >= 15 is 0 Å². The van der Waals surface area contributed by atoms with Gasteiger partial charge in [0.05, 0.1) is 0 Å². The fourth-order valence-electron chi connectivity index (χ4n) is 2.01. The third kappa shape index (κ3) is 8.14. The van der Waals surface area contributed by atoms with Gasteiger partial charge in [-0.1, -0.05) is 25.1 Å². The van der Waals surface area contributed by atoms with E-state index in [-0.39, 0.29) is 10.7 Å². The Kier molecular flexibility index (Phi) is 8.14. The Balaban J connectivity index is 4.28. The van der Waals surface area contributed by atoms with E-state index in [1.165, 1.54) is 16.7 Å². The molecular weight excluding hydrogens is 262 g/mol. The number of carboxylic acid groups (broad SMARTS) is 1. The summed E-state index contributed by atoms with van der Waals surface area (Å²) in [4.78, 5) is 23.8. The second kappa shape index (κ2) is 8.46. The first-order valence-corrected chi connectivity index (χ1v) is 7.74. The summed E-state index contributed by atoms with van der Waals surface area (Å²) in [5, 5.41) is 9.65. The third-order valence-corrected chi connectivity index (χ3v) is 4.03. The van der Waals surface area contributed by atoms with Crippen molar-refractivity contribution in [3.8, 4) is 0 Å². The van der Waals surface area contributed by atoms with Gasteiger partial charge in [-0.3, -0.25) is 4.79 Å². The lowest BCUT2D eigenvalue weighted by atomic mass is 10.1. The van der Waals surface area contributed by atoms with Crippen LogP contribution in [0, 0.1) is 0 Å². The molecule has 0 aliphatic heterocycles. The maximum absolute atomic E-state index is 11.2. The fraction of sp³-hybridized carbons (Fsp3) is 0.857. The fourth-order valence-corrected chi connectivity index (χ4v) is 3.12. The van der Waals surface area contributed by atoms with Crippen molar-refractivity contribution in [1.82, 2.24) is 4.90 Å². The molecule has 0 rings (SSSR count). The van der Waals surface area contributed by atoms with Crippen LogP contribution in [0.15, 0.2) is 0 Å². The summed E-state index contributed by atoms with van der Waals surface area (Å²) in [5.74, 6) is 0. The van der Waals surface area contributed by atoms with Crippen molar-refractivity contribution in [1.29, 1.82) is 0 Å². The largest absolute Gasteiger partial charge is 0.465 e. The number of nitrogens with zero attached hydrogens (tertiary/aromatic N) is 1. The van der Waals surface area contributed by atoms with Gasteiger partial charge in [0.2, 0.25) is 0 Å². The lowest BCUT2D eigenvalue weighted by Crippen LogP contribution is -2.45. The molecule has 1 unspecified atom stereocenters. The molecule has 5 heteroatoms. The zero-order valence-corrected chi connectivity index (χ0v) is 13.5. The topological polar surface area (TPSA) is 57.6 Å². The minimum atomic E-state index is -0.876. The van der Waals surface area contributed by atoms with Crippen LogP contribution in [-0.4, -0.2) is 38.5 Å². The molecule has 0 bridgehead atoms. The first-order valence-electron chi connectivity index (χ1n) is 6.86. The van der Waals surface area contributed by atoms with Gasteiger partial charge in [0, 0.05) is 24.3 Å². The Hall–Kier alpha value is -0.710. The molecule has 0 aromatic heterocycles. The zero-order chi connectivity index (χ0) is 15.1. The van der Waals surface area contributed by atoms with Gasteiger partial charge in [-0.2, -0.15) is 0 Å². The van der Waals surface area contributed by atoms with Crippen LogP contribution in [0.2, 0.25) is 0 Å². The van der Waals surface area contributed by atoms with Crippen LogP contribution in [-0.2, 0) is 4.79 Å². The van der Waals surface area contributed by atoms with E-state index in [1.807, 2.05) is 20.8 Å². The zero-order valence-electron chi connectivity index (χ0n) is 12.7. The Morgan fingerprint density at radius 3 is 2.21 bits per heavy atom. The lowest BCUT2D eigenvalue weighted by molar-refractivity contribution is -0.109. The van der Waals surface area contributed by atoms with Crippen molar-refractivity contribution in [2.24, 2.45) is 0 Å². The quantitative estimate of drug-likeness (QED) is 0.769. The molecule has 0 saturated heterocycles. The molecular formula is C14H27NO3S. The molecule has 0 aromatic carbocycles. The van der Waals surface area contributed by atoms with E-state index in [0.29, 0.717) is 11.8 Å². The van der Waals surface area contributed by atoms with Gasteiger partial charge in [-0.25, -0.2) is 4.79 Å². The molecule has 0 heterocycles. The average Bonchev–Trinajstić information content (AvgIpc) is 2.21. The molecule has 1 atom stereocenters. The highest BCUT2D eigenvalue weighted by atomic mass is 32.2. The Morgan fingerprint density at radius 2 is 1.84 bits per heavy atom. The van der Waals surface area contributed by atoms with Gasteiger partial charge in [0.25, 0.3) is 0 Å². The maximum Gasteiger partial charge on any atom is 0.407 e. The molecule has 19 heavy (non-hydrogen) atoms. The summed E-state index contributed by atoms with van der Waals surface area (Å²) in [5.41, 5.74) is -0.375. The summed E-state index contributed by atoms with van der Waals surface area (Å²) < 4.78 is 0. The first-order chi connectivity index (χ1) is 8.68. The van der Waals surface area contributed by atoms with Gasteiger partial charge in [0.1, 0.15) is 0 Å². The SMILES string of the molecule is CCCC(CCCN(C(=O)O)C(C)(C)C)SC(C)=O. The highest BCUT2D eigenvalue weighted by Gasteiger charge is 2.25. The van der Waals surface area contributed by atoms with Gasteiger partial charge in [-0.05, 0) is 40.0 Å². The van der Waals surface area contributed by atoms with Gasteiger partial charge in [-0.15, -0.1) is 0 Å². The molecule has 0 radical (unpaired) electrons. The smallest absolute Gasteiger partial charge is 0.407 e. The number of hydrogen-bond donors (Lipinski definition) is 1. The number of rotatable bonds is 7. The van der Waals surface area contributed by atoms with Crippen molar-refractivity contribution >= 4 is 23.0 Å². The number of amides is 1. The molecule has 1 amide bonds. The van der Waals surface area contributed by atoms with Crippen molar-refractivity contribution in [3.63, 3.8) is 0 Å². The standard InChI is InChI=1S/C14H27NO3S/c1-6-8-12(19-11(2)16)9-7-10-15(13(17)18)14(3,4)5/h12H,6-10H2,1-5H3,(H,17,18). The van der Waals surface area contributed by atoms with Crippen molar-refractivity contribution < 1.29 is 14.7 Å². The van der Waals surface area contributed by atoms with E-state index in [1.54, 1.807) is 6.92 Å². The third-order valence-electron chi connectivity index (χ3n) is 2.89. The van der Waals surface area contributed by atoms with Crippen molar-refractivity contribution in [2.45, 2.75) is 71.1 Å². The minimum absolute atomic E-state index is 0.143. The lowest BCUT2D eigenvalue weighted by Gasteiger charge is -2.33. The van der Waals surface area contributed by atoms with E-state index < -0.39 is 6.09 Å². The molecule has 0 aliphatic rings. The second-order valence-electron chi connectivity index (χ2n) is 5.77. The Labute approximate surface area is 120 Å². The van der Waals surface area contributed by atoms with Crippen LogP contribution in [0.3, 0.4) is 0 Å². The summed E-state index contributed by atoms with van der Waals surface area (Å²) in [7, 11) is 0. The van der Waals surface area contributed by atoms with Gasteiger partial charge < -0.3 is 10.0 Å². The molecule has 0 aromatic rings. The monoisotopic (exact) mass is 289 g/mol. The summed E-state index contributed by atoms with van der Waals surface area (Å²) in [6.07, 6.45) is 2.87. The van der Waals surface area contributed by atoms with Crippen LogP contribution < -0.4 is 0 Å². The van der Waals surface area contributed by atoms with Gasteiger partial charge in [0.15, 0.2) is 5.12 Å². The molecule has 4 nitrogen and oxygen atoms in total. The number of carbonyl (C=O) groups excluding carboxylic acids is 1. The predicted molar refractivity (Wildman–Crippen MR) is 80.7 cm³/mol. The molecule has 1 N–H and O–H groups in total. The van der Waals surface area contributed by atoms with Crippen molar-refractivity contribution in [3.05, 3.63) is 0 Å². The van der Waals surface area contributed by atoms with Crippen molar-refractivity contribution in [2.75, 3.05) is 6.54 Å². The van der Waals surface area contributed by atoms with Crippen LogP contribution in [0.25, 0.3) is 0 Å². The van der Waals surface area contributed by atoms with Gasteiger partial charge >= 0.3 is 6.09 Å². The molecule has 0 spiro atoms. The number of thioether (sulfide) groups is 1. The highest BCUT2D eigenvalue weighted by Crippen LogP contribution is 2.23. The maximum atomic E-state index is 11.2. The minimum Gasteiger partial charge on any atom is -0.465 e. The van der Waals surface area contributed by atoms with Crippen LogP contribution in [0.4, 0.5) is 4.79 Å². The average molecular weight is 289 g/mol.